The lowest BCUT2D eigenvalue weighted by molar-refractivity contribution is -0.122. The van der Waals surface area contributed by atoms with Crippen LogP contribution in [0.15, 0.2) is 42.0 Å². The second kappa shape index (κ2) is 7.56. The van der Waals surface area contributed by atoms with Gasteiger partial charge in [0, 0.05) is 5.02 Å². The number of rotatable bonds is 3. The average molecular weight is 423 g/mol. The van der Waals surface area contributed by atoms with E-state index in [4.69, 9.17) is 40.2 Å². The molecule has 0 saturated carbocycles. The van der Waals surface area contributed by atoms with Gasteiger partial charge in [0.15, 0.2) is 16.6 Å². The van der Waals surface area contributed by atoms with E-state index in [-0.39, 0.29) is 27.2 Å². The third-order valence-corrected chi connectivity index (χ3v) is 4.59. The van der Waals surface area contributed by atoms with Gasteiger partial charge in [0.05, 0.1) is 17.8 Å². The Morgan fingerprint density at radius 3 is 2.48 bits per heavy atom. The second-order valence-electron chi connectivity index (χ2n) is 5.49. The first kappa shape index (κ1) is 19.2. The maximum absolute atomic E-state index is 12.9. The molecule has 0 radical (unpaired) electrons. The van der Waals surface area contributed by atoms with Crippen molar-refractivity contribution < 1.29 is 19.4 Å². The number of carbonyl (C=O) groups is 2. The number of phenolic OH excluding ortho intramolecular Hbond substituents is 1. The van der Waals surface area contributed by atoms with Crippen LogP contribution in [0.1, 0.15) is 5.56 Å². The molecule has 0 aliphatic carbocycles. The minimum absolute atomic E-state index is 0.0231. The molecular weight excluding hydrogens is 411 g/mol. The Hall–Kier alpha value is -2.61. The van der Waals surface area contributed by atoms with Crippen molar-refractivity contribution >= 4 is 64.1 Å². The Kier molecular flexibility index (Phi) is 5.36. The lowest BCUT2D eigenvalue weighted by Crippen LogP contribution is -2.54. The van der Waals surface area contributed by atoms with Crippen LogP contribution in [0.3, 0.4) is 0 Å². The smallest absolute Gasteiger partial charge is 0.270 e. The molecule has 1 fully saturated rings. The van der Waals surface area contributed by atoms with E-state index in [2.05, 4.69) is 5.32 Å². The predicted octanol–water partition coefficient (Wildman–Crippen LogP) is 3.54. The zero-order valence-electron chi connectivity index (χ0n) is 13.8. The van der Waals surface area contributed by atoms with Crippen LogP contribution in [-0.4, -0.2) is 29.1 Å². The maximum atomic E-state index is 12.9. The van der Waals surface area contributed by atoms with E-state index in [1.54, 1.807) is 24.3 Å². The van der Waals surface area contributed by atoms with Crippen LogP contribution in [0.25, 0.3) is 6.08 Å². The van der Waals surface area contributed by atoms with Crippen molar-refractivity contribution in [1.29, 1.82) is 0 Å². The molecule has 6 nitrogen and oxygen atoms in total. The SMILES string of the molecule is COc1cc(/C=C2\C(=O)NC(=S)N(c3ccc(Cl)cc3)C2=O)cc(Cl)c1O. The number of anilines is 1. The van der Waals surface area contributed by atoms with Crippen molar-refractivity contribution in [3.05, 3.63) is 57.6 Å². The molecule has 138 valence electrons. The number of phenols is 1. The standard InChI is InChI=1S/C18H12Cl2N2O4S/c1-26-14-8-9(7-13(20)15(14)23)6-12-16(24)21-18(27)22(17(12)25)11-4-2-10(19)3-5-11/h2-8,23H,1H3,(H,21,24,27)/b12-6+. The summed E-state index contributed by atoms with van der Waals surface area (Å²) in [7, 11) is 1.36. The number of thiocarbonyl (C=S) groups is 1. The molecule has 1 aliphatic heterocycles. The predicted molar refractivity (Wildman–Crippen MR) is 107 cm³/mol. The van der Waals surface area contributed by atoms with Crippen molar-refractivity contribution in [2.24, 2.45) is 0 Å². The molecule has 0 aromatic heterocycles. The lowest BCUT2D eigenvalue weighted by atomic mass is 10.1. The summed E-state index contributed by atoms with van der Waals surface area (Å²) >= 11 is 17.0. The van der Waals surface area contributed by atoms with Gasteiger partial charge >= 0.3 is 0 Å². The van der Waals surface area contributed by atoms with Gasteiger partial charge in [-0.25, -0.2) is 0 Å². The number of hydrogen-bond acceptors (Lipinski definition) is 5. The zero-order valence-corrected chi connectivity index (χ0v) is 16.2. The summed E-state index contributed by atoms with van der Waals surface area (Å²) in [4.78, 5) is 26.4. The Morgan fingerprint density at radius 2 is 1.85 bits per heavy atom. The molecule has 2 aromatic carbocycles. The number of halogens is 2. The number of hydrogen-bond donors (Lipinski definition) is 2. The van der Waals surface area contributed by atoms with Crippen LogP contribution in [0.5, 0.6) is 11.5 Å². The van der Waals surface area contributed by atoms with E-state index in [0.29, 0.717) is 16.3 Å². The molecule has 0 atom stereocenters. The molecule has 3 rings (SSSR count). The Morgan fingerprint density at radius 1 is 1.19 bits per heavy atom. The van der Waals surface area contributed by atoms with Crippen LogP contribution >= 0.6 is 35.4 Å². The molecule has 1 heterocycles. The van der Waals surface area contributed by atoms with Gasteiger partial charge < -0.3 is 9.84 Å². The molecule has 1 aliphatic rings. The Bertz CT molecular complexity index is 990. The molecule has 1 saturated heterocycles. The topological polar surface area (TPSA) is 78.9 Å². The van der Waals surface area contributed by atoms with E-state index in [9.17, 15) is 14.7 Å². The molecule has 9 heteroatoms. The second-order valence-corrected chi connectivity index (χ2v) is 6.72. The van der Waals surface area contributed by atoms with Crippen molar-refractivity contribution in [2.75, 3.05) is 12.0 Å². The van der Waals surface area contributed by atoms with Gasteiger partial charge in [0.1, 0.15) is 5.57 Å². The highest BCUT2D eigenvalue weighted by atomic mass is 35.5. The summed E-state index contributed by atoms with van der Waals surface area (Å²) in [5.74, 6) is -1.36. The van der Waals surface area contributed by atoms with Gasteiger partial charge in [0.25, 0.3) is 11.8 Å². The normalized spacial score (nSPS) is 15.9. The molecule has 0 bridgehead atoms. The zero-order chi connectivity index (χ0) is 19.7. The molecule has 2 aromatic rings. The van der Waals surface area contributed by atoms with Crippen LogP contribution < -0.4 is 15.0 Å². The third-order valence-electron chi connectivity index (χ3n) is 3.77. The van der Waals surface area contributed by atoms with Gasteiger partial charge in [0.2, 0.25) is 0 Å². The quantitative estimate of drug-likeness (QED) is 0.449. The number of aromatic hydroxyl groups is 1. The maximum Gasteiger partial charge on any atom is 0.270 e. The summed E-state index contributed by atoms with van der Waals surface area (Å²) in [5, 5.41) is 12.8. The highest BCUT2D eigenvalue weighted by Crippen LogP contribution is 2.36. The minimum atomic E-state index is -0.640. The molecular formula is C18H12Cl2N2O4S. The van der Waals surface area contributed by atoms with E-state index >= 15 is 0 Å². The van der Waals surface area contributed by atoms with Crippen molar-refractivity contribution in [3.8, 4) is 11.5 Å². The molecule has 27 heavy (non-hydrogen) atoms. The van der Waals surface area contributed by atoms with Crippen LogP contribution in [0.4, 0.5) is 5.69 Å². The fourth-order valence-electron chi connectivity index (χ4n) is 2.48. The molecule has 2 amide bonds. The number of methoxy groups -OCH3 is 1. The first-order valence-corrected chi connectivity index (χ1v) is 8.71. The first-order chi connectivity index (χ1) is 12.8. The van der Waals surface area contributed by atoms with Gasteiger partial charge in [-0.1, -0.05) is 23.2 Å². The van der Waals surface area contributed by atoms with Gasteiger partial charge in [-0.2, -0.15) is 0 Å². The number of benzene rings is 2. The average Bonchev–Trinajstić information content (AvgIpc) is 2.62. The first-order valence-electron chi connectivity index (χ1n) is 7.55. The Balaban J connectivity index is 2.04. The molecule has 0 unspecified atom stereocenters. The number of nitrogens with zero attached hydrogens (tertiary/aromatic N) is 1. The number of nitrogens with one attached hydrogen (secondary N) is 1. The fraction of sp³-hybridized carbons (Fsp3) is 0.0556. The fourth-order valence-corrected chi connectivity index (χ4v) is 3.11. The van der Waals surface area contributed by atoms with E-state index in [0.717, 1.165) is 0 Å². The van der Waals surface area contributed by atoms with Crippen molar-refractivity contribution in [1.82, 2.24) is 5.32 Å². The monoisotopic (exact) mass is 422 g/mol. The van der Waals surface area contributed by atoms with Gasteiger partial charge in [-0.05, 0) is 60.3 Å². The largest absolute Gasteiger partial charge is 0.503 e. The third kappa shape index (κ3) is 3.75. The summed E-state index contributed by atoms with van der Waals surface area (Å²) in [6.07, 6.45) is 1.34. The highest BCUT2D eigenvalue weighted by molar-refractivity contribution is 7.80. The summed E-state index contributed by atoms with van der Waals surface area (Å²) in [5.41, 5.74) is 0.709. The number of ether oxygens (including phenoxy) is 1. The van der Waals surface area contributed by atoms with E-state index < -0.39 is 11.8 Å². The summed E-state index contributed by atoms with van der Waals surface area (Å²) in [6.45, 7) is 0. The molecule has 2 N–H and O–H groups in total. The Labute approximate surface area is 169 Å². The lowest BCUT2D eigenvalue weighted by Gasteiger charge is -2.29. The summed E-state index contributed by atoms with van der Waals surface area (Å²) in [6, 6.07) is 9.30. The summed E-state index contributed by atoms with van der Waals surface area (Å²) < 4.78 is 5.04. The van der Waals surface area contributed by atoms with E-state index in [1.807, 2.05) is 0 Å². The van der Waals surface area contributed by atoms with Crippen molar-refractivity contribution in [3.63, 3.8) is 0 Å². The van der Waals surface area contributed by atoms with Crippen LogP contribution in [0.2, 0.25) is 10.0 Å². The number of amides is 2. The molecule has 0 spiro atoms. The van der Waals surface area contributed by atoms with E-state index in [1.165, 1.54) is 30.2 Å². The van der Waals surface area contributed by atoms with Crippen LogP contribution in [0, 0.1) is 0 Å². The van der Waals surface area contributed by atoms with Crippen molar-refractivity contribution in [2.45, 2.75) is 0 Å². The van der Waals surface area contributed by atoms with Gasteiger partial charge in [-0.3, -0.25) is 19.8 Å². The number of carbonyl (C=O) groups excluding carboxylic acids is 2. The van der Waals surface area contributed by atoms with Crippen LogP contribution in [-0.2, 0) is 9.59 Å². The highest BCUT2D eigenvalue weighted by Gasteiger charge is 2.34. The minimum Gasteiger partial charge on any atom is -0.503 e. The van der Waals surface area contributed by atoms with Gasteiger partial charge in [-0.15, -0.1) is 0 Å².